The summed E-state index contributed by atoms with van der Waals surface area (Å²) in [6, 6.07) is 0. The SMILES string of the molecule is C=C1CC23CCC4C(C)(C(=O)OC5C=C(C)C(O)CC5C(C)C)CCCC4(C)C2=CCC1C3. The fourth-order valence-electron chi connectivity index (χ4n) is 8.96. The van der Waals surface area contributed by atoms with E-state index in [2.05, 4.69) is 40.3 Å². The summed E-state index contributed by atoms with van der Waals surface area (Å²) in [5.41, 5.74) is 4.02. The van der Waals surface area contributed by atoms with E-state index in [4.69, 9.17) is 4.74 Å². The Bertz CT molecular complexity index is 912. The summed E-state index contributed by atoms with van der Waals surface area (Å²) in [5.74, 6) is 1.54. The highest BCUT2D eigenvalue weighted by Gasteiger charge is 2.63. The van der Waals surface area contributed by atoms with E-state index in [0.717, 1.165) is 37.7 Å². The van der Waals surface area contributed by atoms with Crippen LogP contribution in [-0.4, -0.2) is 23.3 Å². The number of rotatable bonds is 3. The minimum atomic E-state index is -0.443. The Labute approximate surface area is 200 Å². The molecule has 1 N–H and O–H groups in total. The molecule has 33 heavy (non-hydrogen) atoms. The second kappa shape index (κ2) is 7.83. The summed E-state index contributed by atoms with van der Waals surface area (Å²) in [6.45, 7) is 15.4. The predicted molar refractivity (Wildman–Crippen MR) is 132 cm³/mol. The standard InChI is InChI=1S/C30H44O3/c1-18(2)22-15-23(31)19(3)14-24(22)33-27(32)29(6)12-7-11-28(5)25(29)10-13-30-16-20(4)21(17-30)8-9-26(28)30/h9,14,18,21-25,31H,4,7-8,10-13,15-17H2,1-3,5-6H3. The number of aliphatic hydroxyl groups is 1. The van der Waals surface area contributed by atoms with Crippen LogP contribution >= 0.6 is 0 Å². The maximum atomic E-state index is 14.0. The smallest absolute Gasteiger partial charge is 0.312 e. The average Bonchev–Trinajstić information content (AvgIpc) is 2.98. The monoisotopic (exact) mass is 452 g/mol. The molecule has 0 aliphatic heterocycles. The number of hydrogen-bond donors (Lipinski definition) is 1. The third-order valence-corrected chi connectivity index (χ3v) is 10.9. The van der Waals surface area contributed by atoms with Crippen molar-refractivity contribution in [2.24, 2.45) is 39.9 Å². The number of esters is 1. The zero-order valence-electron chi connectivity index (χ0n) is 21.5. The van der Waals surface area contributed by atoms with Crippen LogP contribution in [-0.2, 0) is 9.53 Å². The maximum absolute atomic E-state index is 14.0. The molecule has 0 amide bonds. The molecule has 8 unspecified atom stereocenters. The zero-order valence-corrected chi connectivity index (χ0v) is 21.5. The highest BCUT2D eigenvalue weighted by atomic mass is 16.5. The lowest BCUT2D eigenvalue weighted by atomic mass is 9.44. The van der Waals surface area contributed by atoms with Gasteiger partial charge in [0.2, 0.25) is 0 Å². The minimum Gasteiger partial charge on any atom is -0.457 e. The quantitative estimate of drug-likeness (QED) is 0.380. The molecule has 0 aromatic carbocycles. The Kier molecular flexibility index (Phi) is 5.55. The fourth-order valence-corrected chi connectivity index (χ4v) is 8.96. The van der Waals surface area contributed by atoms with Crippen LogP contribution in [0.3, 0.4) is 0 Å². The van der Waals surface area contributed by atoms with Gasteiger partial charge in [-0.3, -0.25) is 4.79 Å². The molecule has 3 fully saturated rings. The van der Waals surface area contributed by atoms with Crippen LogP contribution in [0.5, 0.6) is 0 Å². The number of carbonyl (C=O) groups is 1. The normalized spacial score (nSPS) is 46.9. The summed E-state index contributed by atoms with van der Waals surface area (Å²) < 4.78 is 6.37. The van der Waals surface area contributed by atoms with Crippen molar-refractivity contribution in [2.75, 3.05) is 0 Å². The Morgan fingerprint density at radius 1 is 1.24 bits per heavy atom. The van der Waals surface area contributed by atoms with Crippen LogP contribution < -0.4 is 0 Å². The molecule has 2 bridgehead atoms. The van der Waals surface area contributed by atoms with Gasteiger partial charge in [-0.1, -0.05) is 51.0 Å². The highest BCUT2D eigenvalue weighted by Crippen LogP contribution is 2.70. The van der Waals surface area contributed by atoms with E-state index in [9.17, 15) is 9.90 Å². The second-order valence-electron chi connectivity index (χ2n) is 13.1. The summed E-state index contributed by atoms with van der Waals surface area (Å²) in [7, 11) is 0. The van der Waals surface area contributed by atoms with Gasteiger partial charge < -0.3 is 9.84 Å². The summed E-state index contributed by atoms with van der Waals surface area (Å²) in [5, 5.41) is 10.4. The van der Waals surface area contributed by atoms with E-state index in [-0.39, 0.29) is 23.4 Å². The first kappa shape index (κ1) is 23.4. The number of carbonyl (C=O) groups excluding carboxylic acids is 1. The van der Waals surface area contributed by atoms with Crippen molar-refractivity contribution < 1.29 is 14.6 Å². The minimum absolute atomic E-state index is 0.00409. The Balaban J connectivity index is 1.43. The Morgan fingerprint density at radius 2 is 2.00 bits per heavy atom. The number of hydrogen-bond acceptors (Lipinski definition) is 3. The first-order chi connectivity index (χ1) is 15.5. The van der Waals surface area contributed by atoms with E-state index in [1.807, 2.05) is 13.0 Å². The molecular weight excluding hydrogens is 408 g/mol. The highest BCUT2D eigenvalue weighted by molar-refractivity contribution is 5.78. The molecule has 1 spiro atoms. The van der Waals surface area contributed by atoms with Crippen LogP contribution in [0.25, 0.3) is 0 Å². The third kappa shape index (κ3) is 3.43. The molecule has 3 heteroatoms. The number of aliphatic hydroxyl groups excluding tert-OH is 1. The Morgan fingerprint density at radius 3 is 2.73 bits per heavy atom. The zero-order chi connectivity index (χ0) is 23.8. The molecule has 0 aromatic heterocycles. The van der Waals surface area contributed by atoms with Gasteiger partial charge in [0.25, 0.3) is 0 Å². The van der Waals surface area contributed by atoms with Gasteiger partial charge in [-0.15, -0.1) is 0 Å². The fraction of sp³-hybridized carbons (Fsp3) is 0.767. The van der Waals surface area contributed by atoms with Gasteiger partial charge in [0.05, 0.1) is 11.5 Å². The first-order valence-corrected chi connectivity index (χ1v) is 13.5. The first-order valence-electron chi connectivity index (χ1n) is 13.5. The number of allylic oxidation sites excluding steroid dienone is 3. The van der Waals surface area contributed by atoms with Crippen LogP contribution in [0, 0.1) is 39.9 Å². The van der Waals surface area contributed by atoms with E-state index in [1.54, 1.807) is 5.57 Å². The molecule has 5 aliphatic carbocycles. The van der Waals surface area contributed by atoms with Crippen LogP contribution in [0.1, 0.15) is 92.4 Å². The van der Waals surface area contributed by atoms with Gasteiger partial charge in [0, 0.05) is 5.92 Å². The van der Waals surface area contributed by atoms with Crippen molar-refractivity contribution in [3.8, 4) is 0 Å². The van der Waals surface area contributed by atoms with Crippen molar-refractivity contribution in [3.63, 3.8) is 0 Å². The van der Waals surface area contributed by atoms with Gasteiger partial charge in [0.15, 0.2) is 0 Å². The van der Waals surface area contributed by atoms with E-state index in [1.165, 1.54) is 24.8 Å². The summed E-state index contributed by atoms with van der Waals surface area (Å²) in [6.07, 6.45) is 13.7. The summed E-state index contributed by atoms with van der Waals surface area (Å²) in [4.78, 5) is 14.0. The van der Waals surface area contributed by atoms with Crippen molar-refractivity contribution in [1.29, 1.82) is 0 Å². The predicted octanol–water partition coefficient (Wildman–Crippen LogP) is 6.77. The van der Waals surface area contributed by atoms with Crippen LogP contribution in [0.4, 0.5) is 0 Å². The second-order valence-corrected chi connectivity index (χ2v) is 13.1. The molecule has 3 nitrogen and oxygen atoms in total. The molecule has 182 valence electrons. The van der Waals surface area contributed by atoms with Crippen molar-refractivity contribution in [3.05, 3.63) is 35.5 Å². The molecule has 5 rings (SSSR count). The van der Waals surface area contributed by atoms with E-state index < -0.39 is 11.5 Å². The lowest BCUT2D eigenvalue weighted by Gasteiger charge is -2.60. The molecular formula is C30H44O3. The topological polar surface area (TPSA) is 46.5 Å². The molecule has 8 atom stereocenters. The third-order valence-electron chi connectivity index (χ3n) is 10.9. The van der Waals surface area contributed by atoms with Crippen LogP contribution in [0.15, 0.2) is 35.5 Å². The van der Waals surface area contributed by atoms with Gasteiger partial charge in [0.1, 0.15) is 6.10 Å². The maximum Gasteiger partial charge on any atom is 0.312 e. The Hall–Kier alpha value is -1.35. The molecule has 5 aliphatic rings. The van der Waals surface area contributed by atoms with E-state index in [0.29, 0.717) is 29.6 Å². The molecule has 0 radical (unpaired) electrons. The molecule has 3 saturated carbocycles. The summed E-state index contributed by atoms with van der Waals surface area (Å²) >= 11 is 0. The van der Waals surface area contributed by atoms with Crippen molar-refractivity contribution in [1.82, 2.24) is 0 Å². The van der Waals surface area contributed by atoms with E-state index >= 15 is 0 Å². The number of ether oxygens (including phenoxy) is 1. The van der Waals surface area contributed by atoms with Gasteiger partial charge in [-0.25, -0.2) is 0 Å². The van der Waals surface area contributed by atoms with Crippen molar-refractivity contribution >= 4 is 5.97 Å². The molecule has 0 heterocycles. The van der Waals surface area contributed by atoms with Gasteiger partial charge >= 0.3 is 5.97 Å². The molecule has 0 saturated heterocycles. The van der Waals surface area contributed by atoms with Gasteiger partial charge in [-0.2, -0.15) is 0 Å². The number of fused-ring (bicyclic) bond motifs is 3. The van der Waals surface area contributed by atoms with Crippen LogP contribution in [0.2, 0.25) is 0 Å². The lowest BCUT2D eigenvalue weighted by Crippen LogP contribution is -2.55. The lowest BCUT2D eigenvalue weighted by molar-refractivity contribution is -0.175. The largest absolute Gasteiger partial charge is 0.457 e. The van der Waals surface area contributed by atoms with Crippen molar-refractivity contribution in [2.45, 2.75) is 105 Å². The average molecular weight is 453 g/mol. The van der Waals surface area contributed by atoms with Gasteiger partial charge in [-0.05, 0) is 105 Å². The molecule has 0 aromatic rings.